The number of rotatable bonds is 4. The van der Waals surface area contributed by atoms with Crippen LogP contribution in [-0.4, -0.2) is 12.0 Å². The third-order valence-corrected chi connectivity index (χ3v) is 2.89. The molecule has 0 radical (unpaired) electrons. The van der Waals surface area contributed by atoms with Gasteiger partial charge in [-0.15, -0.1) is 0 Å². The molecule has 0 saturated heterocycles. The fourth-order valence-corrected chi connectivity index (χ4v) is 1.79. The lowest BCUT2D eigenvalue weighted by Crippen LogP contribution is -2.06. The number of nitrogens with one attached hydrogen (secondary N) is 1. The summed E-state index contributed by atoms with van der Waals surface area (Å²) < 4.78 is 42.8. The van der Waals surface area contributed by atoms with E-state index in [0.29, 0.717) is 17.5 Å². The highest BCUT2D eigenvalue weighted by molar-refractivity contribution is 5.70. The third kappa shape index (κ3) is 3.46. The van der Waals surface area contributed by atoms with Crippen LogP contribution in [0.1, 0.15) is 5.56 Å². The van der Waals surface area contributed by atoms with Crippen LogP contribution >= 0.6 is 0 Å². The minimum Gasteiger partial charge on any atom is -0.497 e. The van der Waals surface area contributed by atoms with E-state index >= 15 is 0 Å². The van der Waals surface area contributed by atoms with Crippen LogP contribution in [0.3, 0.4) is 0 Å². The van der Waals surface area contributed by atoms with Crippen molar-refractivity contribution in [2.24, 2.45) is 0 Å². The number of hydrogen-bond donors (Lipinski definition) is 1. The zero-order chi connectivity index (χ0) is 16.3. The molecule has 0 aliphatic rings. The Morgan fingerprint density at radius 1 is 1.14 bits per heavy atom. The number of benzene rings is 2. The van der Waals surface area contributed by atoms with E-state index < -0.39 is 22.4 Å². The standard InChI is InChI=1S/C14H11F3N2O3/c1-22-11-5-3-10(4-6-11)18-12-7-2-9(14(15,16)17)8-13(12)19(20)21/h2-8,18H,1H3. The maximum Gasteiger partial charge on any atom is 0.416 e. The van der Waals surface area contributed by atoms with Crippen LogP contribution in [0.4, 0.5) is 30.2 Å². The van der Waals surface area contributed by atoms with E-state index in [2.05, 4.69) is 5.32 Å². The summed E-state index contributed by atoms with van der Waals surface area (Å²) >= 11 is 0. The minimum absolute atomic E-state index is 0.0248. The van der Waals surface area contributed by atoms with E-state index in [1.807, 2.05) is 0 Å². The smallest absolute Gasteiger partial charge is 0.416 e. The molecule has 0 aliphatic heterocycles. The largest absolute Gasteiger partial charge is 0.497 e. The van der Waals surface area contributed by atoms with Crippen molar-refractivity contribution in [3.8, 4) is 5.75 Å². The quantitative estimate of drug-likeness (QED) is 0.672. The first-order valence-corrected chi connectivity index (χ1v) is 6.08. The van der Waals surface area contributed by atoms with Crippen molar-refractivity contribution in [2.45, 2.75) is 6.18 Å². The first kappa shape index (κ1) is 15.6. The summed E-state index contributed by atoms with van der Waals surface area (Å²) in [7, 11) is 1.49. The lowest BCUT2D eigenvalue weighted by atomic mass is 10.1. The molecule has 0 fully saturated rings. The van der Waals surface area contributed by atoms with Crippen molar-refractivity contribution in [2.75, 3.05) is 12.4 Å². The summed E-state index contributed by atoms with van der Waals surface area (Å²) in [6, 6.07) is 8.77. The predicted molar refractivity (Wildman–Crippen MR) is 74.4 cm³/mol. The van der Waals surface area contributed by atoms with E-state index in [4.69, 9.17) is 4.74 Å². The van der Waals surface area contributed by atoms with Crippen molar-refractivity contribution in [1.82, 2.24) is 0 Å². The second kappa shape index (κ2) is 5.92. The van der Waals surface area contributed by atoms with Crippen LogP contribution in [0.2, 0.25) is 0 Å². The number of hydrogen-bond acceptors (Lipinski definition) is 4. The van der Waals surface area contributed by atoms with Crippen LogP contribution in [-0.2, 0) is 6.18 Å². The maximum absolute atomic E-state index is 12.6. The molecule has 0 amide bonds. The highest BCUT2D eigenvalue weighted by Gasteiger charge is 2.33. The minimum atomic E-state index is -4.64. The Morgan fingerprint density at radius 3 is 2.27 bits per heavy atom. The molecule has 0 saturated carbocycles. The number of halogens is 3. The maximum atomic E-state index is 12.6. The zero-order valence-electron chi connectivity index (χ0n) is 11.3. The normalized spacial score (nSPS) is 11.1. The van der Waals surface area contributed by atoms with Gasteiger partial charge in [0.2, 0.25) is 0 Å². The molecule has 0 atom stereocenters. The summed E-state index contributed by atoms with van der Waals surface area (Å²) in [6.45, 7) is 0. The second-order valence-electron chi connectivity index (χ2n) is 4.34. The molecule has 2 aromatic carbocycles. The number of ether oxygens (including phenoxy) is 1. The highest BCUT2D eigenvalue weighted by Crippen LogP contribution is 2.36. The van der Waals surface area contributed by atoms with Gasteiger partial charge in [0.25, 0.3) is 5.69 Å². The van der Waals surface area contributed by atoms with Crippen molar-refractivity contribution in [1.29, 1.82) is 0 Å². The average molecular weight is 312 g/mol. The number of nitro benzene ring substituents is 1. The fourth-order valence-electron chi connectivity index (χ4n) is 1.79. The number of anilines is 2. The molecule has 0 unspecified atom stereocenters. The monoisotopic (exact) mass is 312 g/mol. The number of nitrogens with zero attached hydrogens (tertiary/aromatic N) is 1. The molecule has 2 aromatic rings. The van der Waals surface area contributed by atoms with Gasteiger partial charge < -0.3 is 10.1 Å². The second-order valence-corrected chi connectivity index (χ2v) is 4.34. The van der Waals surface area contributed by atoms with Gasteiger partial charge in [-0.3, -0.25) is 10.1 Å². The van der Waals surface area contributed by atoms with Gasteiger partial charge in [0.15, 0.2) is 0 Å². The van der Waals surface area contributed by atoms with Gasteiger partial charge >= 0.3 is 6.18 Å². The van der Waals surface area contributed by atoms with Gasteiger partial charge in [0.05, 0.1) is 17.6 Å². The van der Waals surface area contributed by atoms with Gasteiger partial charge in [0, 0.05) is 11.8 Å². The van der Waals surface area contributed by atoms with E-state index in [-0.39, 0.29) is 5.69 Å². The fraction of sp³-hybridized carbons (Fsp3) is 0.143. The Morgan fingerprint density at radius 2 is 1.77 bits per heavy atom. The van der Waals surface area contributed by atoms with Crippen LogP contribution in [0.25, 0.3) is 0 Å². The Kier molecular flexibility index (Phi) is 4.20. The first-order chi connectivity index (χ1) is 10.3. The van der Waals surface area contributed by atoms with Crippen LogP contribution in [0.5, 0.6) is 5.75 Å². The van der Waals surface area contributed by atoms with Crippen LogP contribution < -0.4 is 10.1 Å². The molecule has 0 bridgehead atoms. The highest BCUT2D eigenvalue weighted by atomic mass is 19.4. The number of nitro groups is 1. The number of methoxy groups -OCH3 is 1. The lowest BCUT2D eigenvalue weighted by molar-refractivity contribution is -0.384. The van der Waals surface area contributed by atoms with Gasteiger partial charge in [-0.05, 0) is 36.4 Å². The Hall–Kier alpha value is -2.77. The summed E-state index contributed by atoms with van der Waals surface area (Å²) in [5.74, 6) is 0.590. The van der Waals surface area contributed by atoms with Crippen molar-refractivity contribution in [3.63, 3.8) is 0 Å². The molecule has 8 heteroatoms. The summed E-state index contributed by atoms with van der Waals surface area (Å²) in [5, 5.41) is 13.7. The zero-order valence-corrected chi connectivity index (χ0v) is 11.3. The number of alkyl halides is 3. The van der Waals surface area contributed by atoms with Gasteiger partial charge in [0.1, 0.15) is 11.4 Å². The van der Waals surface area contributed by atoms with E-state index in [1.54, 1.807) is 24.3 Å². The van der Waals surface area contributed by atoms with Gasteiger partial charge in [-0.2, -0.15) is 13.2 Å². The van der Waals surface area contributed by atoms with Gasteiger partial charge in [-0.25, -0.2) is 0 Å². The van der Waals surface area contributed by atoms with Crippen molar-refractivity contribution >= 4 is 17.1 Å². The first-order valence-electron chi connectivity index (χ1n) is 6.08. The van der Waals surface area contributed by atoms with E-state index in [1.165, 1.54) is 7.11 Å². The molecule has 0 heterocycles. The lowest BCUT2D eigenvalue weighted by Gasteiger charge is -2.11. The molecule has 116 valence electrons. The summed E-state index contributed by atoms with van der Waals surface area (Å²) in [5.41, 5.74) is -1.25. The SMILES string of the molecule is COc1ccc(Nc2ccc(C(F)(F)F)cc2[N+](=O)[O-])cc1. The van der Waals surface area contributed by atoms with Crippen molar-refractivity contribution < 1.29 is 22.8 Å². The topological polar surface area (TPSA) is 64.4 Å². The summed E-state index contributed by atoms with van der Waals surface area (Å²) in [6.07, 6.45) is -4.64. The van der Waals surface area contributed by atoms with E-state index in [9.17, 15) is 23.3 Å². The molecule has 22 heavy (non-hydrogen) atoms. The molecule has 0 aromatic heterocycles. The molecule has 1 N–H and O–H groups in total. The molecular weight excluding hydrogens is 301 g/mol. The molecule has 2 rings (SSSR count). The summed E-state index contributed by atoms with van der Waals surface area (Å²) in [4.78, 5) is 10.1. The van der Waals surface area contributed by atoms with Gasteiger partial charge in [-0.1, -0.05) is 0 Å². The Balaban J connectivity index is 2.35. The van der Waals surface area contributed by atoms with Crippen LogP contribution in [0.15, 0.2) is 42.5 Å². The van der Waals surface area contributed by atoms with Crippen LogP contribution in [0, 0.1) is 10.1 Å². The predicted octanol–water partition coefficient (Wildman–Crippen LogP) is 4.37. The average Bonchev–Trinajstić information content (AvgIpc) is 2.47. The molecular formula is C14H11F3N2O3. The Bertz CT molecular complexity index is 685. The molecule has 0 spiro atoms. The van der Waals surface area contributed by atoms with E-state index in [0.717, 1.165) is 12.1 Å². The Labute approximate surface area is 123 Å². The third-order valence-electron chi connectivity index (χ3n) is 2.89. The van der Waals surface area contributed by atoms with Crippen molar-refractivity contribution in [3.05, 3.63) is 58.1 Å². The molecule has 5 nitrogen and oxygen atoms in total. The molecule has 0 aliphatic carbocycles.